The van der Waals surface area contributed by atoms with Gasteiger partial charge in [0.05, 0.1) is 11.0 Å². The van der Waals surface area contributed by atoms with Crippen LogP contribution in [0.25, 0.3) is 0 Å². The fourth-order valence-electron chi connectivity index (χ4n) is 1.77. The predicted octanol–water partition coefficient (Wildman–Crippen LogP) is 2.28. The summed E-state index contributed by atoms with van der Waals surface area (Å²) in [6.07, 6.45) is 0. The summed E-state index contributed by atoms with van der Waals surface area (Å²) >= 11 is 1.33. The fourth-order valence-corrected chi connectivity index (χ4v) is 2.55. The van der Waals surface area contributed by atoms with Crippen LogP contribution in [0.2, 0.25) is 0 Å². The van der Waals surface area contributed by atoms with E-state index in [1.807, 2.05) is 45.0 Å². The lowest BCUT2D eigenvalue weighted by Crippen LogP contribution is -2.43. The van der Waals surface area contributed by atoms with Crippen molar-refractivity contribution in [3.05, 3.63) is 29.8 Å². The molecule has 3 N–H and O–H groups in total. The molecular weight excluding hydrogens is 334 g/mol. The zero-order valence-corrected chi connectivity index (χ0v) is 15.7. The van der Waals surface area contributed by atoms with E-state index in [0.717, 1.165) is 11.3 Å². The summed E-state index contributed by atoms with van der Waals surface area (Å²) in [4.78, 5) is 25.7. The zero-order chi connectivity index (χ0) is 16.7. The molecule has 5 nitrogen and oxygen atoms in total. The Hall–Kier alpha value is -1.24. The summed E-state index contributed by atoms with van der Waals surface area (Å²) < 4.78 is 0. The minimum atomic E-state index is -0.275. The zero-order valence-electron chi connectivity index (χ0n) is 14.0. The molecule has 0 bridgehead atoms. The SMILES string of the molecule is Cc1ccc(NC(=O)CSC(C)C(=O)N(C)C(C)CN)cc1.Cl. The average Bonchev–Trinajstić information content (AvgIpc) is 2.52. The number of halogens is 1. The van der Waals surface area contributed by atoms with Gasteiger partial charge in [-0.05, 0) is 32.9 Å². The number of aryl methyl sites for hydroxylation is 1. The van der Waals surface area contributed by atoms with E-state index < -0.39 is 0 Å². The largest absolute Gasteiger partial charge is 0.341 e. The maximum absolute atomic E-state index is 12.2. The molecule has 0 aliphatic heterocycles. The highest BCUT2D eigenvalue weighted by molar-refractivity contribution is 8.01. The number of amides is 2. The predicted molar refractivity (Wildman–Crippen MR) is 100 cm³/mol. The van der Waals surface area contributed by atoms with Gasteiger partial charge in [-0.3, -0.25) is 9.59 Å². The Labute approximate surface area is 148 Å². The standard InChI is InChI=1S/C16H25N3O2S.ClH/c1-11-5-7-14(8-6-11)18-15(20)10-22-13(3)16(21)19(4)12(2)9-17;/h5-8,12-13H,9-10,17H2,1-4H3,(H,18,20);1H. The minimum absolute atomic E-state index is 0. The van der Waals surface area contributed by atoms with E-state index in [0.29, 0.717) is 6.54 Å². The molecule has 0 aliphatic rings. The molecule has 0 heterocycles. The molecular formula is C16H26ClN3O2S. The molecule has 0 spiro atoms. The van der Waals surface area contributed by atoms with Crippen molar-refractivity contribution in [1.82, 2.24) is 4.90 Å². The van der Waals surface area contributed by atoms with E-state index in [2.05, 4.69) is 5.32 Å². The number of benzene rings is 1. The van der Waals surface area contributed by atoms with Crippen LogP contribution >= 0.6 is 24.2 Å². The smallest absolute Gasteiger partial charge is 0.235 e. The molecule has 0 saturated carbocycles. The van der Waals surface area contributed by atoms with Crippen LogP contribution in [0.15, 0.2) is 24.3 Å². The lowest BCUT2D eigenvalue weighted by Gasteiger charge is -2.26. The third kappa shape index (κ3) is 7.24. The number of carbonyl (C=O) groups excluding carboxylic acids is 2. The monoisotopic (exact) mass is 359 g/mol. The first-order valence-corrected chi connectivity index (χ1v) is 8.35. The van der Waals surface area contributed by atoms with Crippen molar-refractivity contribution >= 4 is 41.7 Å². The normalized spacial score (nSPS) is 12.7. The Morgan fingerprint density at radius 2 is 1.83 bits per heavy atom. The summed E-state index contributed by atoms with van der Waals surface area (Å²) in [6.45, 7) is 6.13. The highest BCUT2D eigenvalue weighted by atomic mass is 35.5. The van der Waals surface area contributed by atoms with Crippen LogP contribution in [0, 0.1) is 6.92 Å². The van der Waals surface area contributed by atoms with Gasteiger partial charge in [0.25, 0.3) is 0 Å². The number of nitrogens with zero attached hydrogens (tertiary/aromatic N) is 1. The maximum atomic E-state index is 12.2. The molecule has 23 heavy (non-hydrogen) atoms. The second-order valence-corrected chi connectivity index (χ2v) is 6.73. The van der Waals surface area contributed by atoms with Gasteiger partial charge in [-0.2, -0.15) is 0 Å². The number of thioether (sulfide) groups is 1. The van der Waals surface area contributed by atoms with Crippen LogP contribution in [-0.4, -0.2) is 47.4 Å². The summed E-state index contributed by atoms with van der Waals surface area (Å²) in [5.41, 5.74) is 7.47. The molecule has 7 heteroatoms. The van der Waals surface area contributed by atoms with Gasteiger partial charge in [0.1, 0.15) is 0 Å². The number of anilines is 1. The fraction of sp³-hybridized carbons (Fsp3) is 0.500. The Kier molecular flexibility index (Phi) is 9.95. The van der Waals surface area contributed by atoms with Crippen molar-refractivity contribution < 1.29 is 9.59 Å². The van der Waals surface area contributed by atoms with Crippen molar-refractivity contribution in [3.8, 4) is 0 Å². The lowest BCUT2D eigenvalue weighted by atomic mass is 10.2. The maximum Gasteiger partial charge on any atom is 0.235 e. The van der Waals surface area contributed by atoms with Crippen LogP contribution in [0.3, 0.4) is 0 Å². The van der Waals surface area contributed by atoms with E-state index in [9.17, 15) is 9.59 Å². The number of nitrogens with one attached hydrogen (secondary N) is 1. The number of hydrogen-bond donors (Lipinski definition) is 2. The van der Waals surface area contributed by atoms with Crippen molar-refractivity contribution in [2.24, 2.45) is 5.73 Å². The van der Waals surface area contributed by atoms with Gasteiger partial charge < -0.3 is 16.0 Å². The molecule has 1 rings (SSSR count). The van der Waals surface area contributed by atoms with Crippen molar-refractivity contribution in [3.63, 3.8) is 0 Å². The summed E-state index contributed by atoms with van der Waals surface area (Å²) in [5.74, 6) is 0.125. The first-order chi connectivity index (χ1) is 10.3. The summed E-state index contributed by atoms with van der Waals surface area (Å²) in [5, 5.41) is 2.55. The Balaban J connectivity index is 0.00000484. The van der Waals surface area contributed by atoms with E-state index in [1.54, 1.807) is 11.9 Å². The van der Waals surface area contributed by atoms with Crippen LogP contribution < -0.4 is 11.1 Å². The molecule has 0 aliphatic carbocycles. The summed E-state index contributed by atoms with van der Waals surface area (Å²) in [6, 6.07) is 7.61. The average molecular weight is 360 g/mol. The quantitative estimate of drug-likeness (QED) is 0.783. The Morgan fingerprint density at radius 1 is 1.26 bits per heavy atom. The third-order valence-electron chi connectivity index (χ3n) is 3.50. The molecule has 0 saturated heterocycles. The molecule has 0 fully saturated rings. The molecule has 0 radical (unpaired) electrons. The van der Waals surface area contributed by atoms with E-state index in [1.165, 1.54) is 11.8 Å². The van der Waals surface area contributed by atoms with Gasteiger partial charge in [-0.1, -0.05) is 17.7 Å². The van der Waals surface area contributed by atoms with Crippen molar-refractivity contribution in [2.45, 2.75) is 32.1 Å². The number of nitrogens with two attached hydrogens (primary N) is 1. The van der Waals surface area contributed by atoms with E-state index >= 15 is 0 Å². The first kappa shape index (κ1) is 21.8. The van der Waals surface area contributed by atoms with E-state index in [4.69, 9.17) is 5.73 Å². The summed E-state index contributed by atoms with van der Waals surface area (Å²) in [7, 11) is 1.74. The topological polar surface area (TPSA) is 75.4 Å². The van der Waals surface area contributed by atoms with Crippen LogP contribution in [0.1, 0.15) is 19.4 Å². The second-order valence-electron chi connectivity index (χ2n) is 5.40. The number of carbonyl (C=O) groups is 2. The van der Waals surface area contributed by atoms with Gasteiger partial charge in [0.15, 0.2) is 0 Å². The van der Waals surface area contributed by atoms with Crippen LogP contribution in [0.4, 0.5) is 5.69 Å². The molecule has 1 aromatic carbocycles. The molecule has 1 aromatic rings. The highest BCUT2D eigenvalue weighted by Crippen LogP contribution is 2.15. The van der Waals surface area contributed by atoms with Crippen LogP contribution in [-0.2, 0) is 9.59 Å². The van der Waals surface area contributed by atoms with Gasteiger partial charge in [-0.25, -0.2) is 0 Å². The molecule has 2 unspecified atom stereocenters. The van der Waals surface area contributed by atoms with E-state index in [-0.39, 0.29) is 41.3 Å². The van der Waals surface area contributed by atoms with Gasteiger partial charge in [0, 0.05) is 25.3 Å². The molecule has 2 amide bonds. The molecule has 130 valence electrons. The second kappa shape index (κ2) is 10.5. The molecule has 0 aromatic heterocycles. The Bertz CT molecular complexity index is 511. The highest BCUT2D eigenvalue weighted by Gasteiger charge is 2.21. The van der Waals surface area contributed by atoms with Gasteiger partial charge in [0.2, 0.25) is 11.8 Å². The first-order valence-electron chi connectivity index (χ1n) is 7.30. The van der Waals surface area contributed by atoms with Crippen molar-refractivity contribution in [1.29, 1.82) is 0 Å². The third-order valence-corrected chi connectivity index (χ3v) is 4.63. The number of hydrogen-bond acceptors (Lipinski definition) is 4. The van der Waals surface area contributed by atoms with Crippen LogP contribution in [0.5, 0.6) is 0 Å². The number of rotatable bonds is 7. The van der Waals surface area contributed by atoms with Gasteiger partial charge >= 0.3 is 0 Å². The molecule has 2 atom stereocenters. The Morgan fingerprint density at radius 3 is 2.35 bits per heavy atom. The lowest BCUT2D eigenvalue weighted by molar-refractivity contribution is -0.130. The van der Waals surface area contributed by atoms with Crippen molar-refractivity contribution in [2.75, 3.05) is 24.7 Å². The van der Waals surface area contributed by atoms with Gasteiger partial charge in [-0.15, -0.1) is 24.2 Å². The minimum Gasteiger partial charge on any atom is -0.341 e. The number of likely N-dealkylation sites (N-methyl/N-ethyl adjacent to an activating group) is 1.